The van der Waals surface area contributed by atoms with Crippen LogP contribution in [0.3, 0.4) is 0 Å². The van der Waals surface area contributed by atoms with E-state index in [1.54, 1.807) is 6.92 Å². The fourth-order valence-corrected chi connectivity index (χ4v) is 4.50. The number of piperazine rings is 1. The average Bonchev–Trinajstić information content (AvgIpc) is 2.74. The number of hydrazone groups is 1. The van der Waals surface area contributed by atoms with E-state index in [9.17, 15) is 18.3 Å². The number of carbonyl (C=O) groups is 1. The molecule has 1 saturated heterocycles. The molecule has 1 aliphatic heterocycles. The molecule has 9 nitrogen and oxygen atoms in total. The van der Waals surface area contributed by atoms with Crippen molar-refractivity contribution in [2.75, 3.05) is 33.2 Å². The van der Waals surface area contributed by atoms with Gasteiger partial charge in [-0.25, -0.2) is 13.8 Å². The van der Waals surface area contributed by atoms with Gasteiger partial charge >= 0.3 is 0 Å². The Morgan fingerprint density at radius 2 is 1.90 bits per heavy atom. The maximum atomic E-state index is 12.9. The third kappa shape index (κ3) is 4.96. The summed E-state index contributed by atoms with van der Waals surface area (Å²) in [5.41, 5.74) is 3.10. The number of carbonyl (C=O) groups excluding carboxylic acids is 1. The quantitative estimate of drug-likeness (QED) is 0.526. The van der Waals surface area contributed by atoms with Gasteiger partial charge in [0.05, 0.1) is 11.3 Å². The van der Waals surface area contributed by atoms with Crippen LogP contribution in [0, 0.1) is 0 Å². The molecule has 1 fully saturated rings. The summed E-state index contributed by atoms with van der Waals surface area (Å²) in [5.74, 6) is -0.657. The lowest BCUT2D eigenvalue weighted by atomic mass is 10.1. The minimum Gasteiger partial charge on any atom is -0.507 e. The lowest BCUT2D eigenvalue weighted by Gasteiger charge is -2.31. The van der Waals surface area contributed by atoms with Gasteiger partial charge in [-0.1, -0.05) is 11.6 Å². The van der Waals surface area contributed by atoms with E-state index in [1.807, 2.05) is 11.9 Å². The van der Waals surface area contributed by atoms with E-state index >= 15 is 0 Å². The summed E-state index contributed by atoms with van der Waals surface area (Å²) in [5, 5.41) is 14.3. The number of likely N-dealkylation sites (N-methyl/N-ethyl adjacent to an activating group) is 1. The molecule has 1 aromatic carbocycles. The Bertz CT molecular complexity index is 1080. The molecule has 1 aromatic heterocycles. The molecule has 11 heteroatoms. The summed E-state index contributed by atoms with van der Waals surface area (Å²) < 4.78 is 27.1. The van der Waals surface area contributed by atoms with Crippen molar-refractivity contribution in [3.05, 3.63) is 52.8 Å². The van der Waals surface area contributed by atoms with Crippen molar-refractivity contribution in [1.82, 2.24) is 19.6 Å². The lowest BCUT2D eigenvalue weighted by molar-refractivity contribution is 0.0954. The van der Waals surface area contributed by atoms with Crippen LogP contribution in [-0.4, -0.2) is 72.6 Å². The second-order valence-corrected chi connectivity index (χ2v) is 9.29. The topological polar surface area (TPSA) is 115 Å². The first-order valence-electron chi connectivity index (χ1n) is 9.16. The van der Waals surface area contributed by atoms with Crippen molar-refractivity contribution in [3.8, 4) is 5.75 Å². The maximum absolute atomic E-state index is 12.9. The molecule has 0 radical (unpaired) electrons. The fraction of sp³-hybridized carbons (Fsp3) is 0.316. The predicted molar refractivity (Wildman–Crippen MR) is 113 cm³/mol. The highest BCUT2D eigenvalue weighted by Gasteiger charge is 2.28. The standard InChI is InChI=1S/C19H22ClN5O4S/c1-13(17-10-15(20)3-4-18(17)26)22-23-19(27)14-9-16(12-21-11-14)30(28,29)25-7-5-24(2)6-8-25/h3-4,9-12,26H,5-8H2,1-2H3,(H,23,27)/b22-13+. The molecule has 1 amide bonds. The van der Waals surface area contributed by atoms with E-state index in [2.05, 4.69) is 15.5 Å². The van der Waals surface area contributed by atoms with Gasteiger partial charge in [0.15, 0.2) is 0 Å². The van der Waals surface area contributed by atoms with Gasteiger partial charge in [0.1, 0.15) is 10.6 Å². The second-order valence-electron chi connectivity index (χ2n) is 6.92. The minimum atomic E-state index is -3.75. The van der Waals surface area contributed by atoms with Crippen LogP contribution in [0.5, 0.6) is 5.75 Å². The van der Waals surface area contributed by atoms with Crippen LogP contribution in [0.15, 0.2) is 46.7 Å². The molecule has 0 atom stereocenters. The average molecular weight is 452 g/mol. The fourth-order valence-electron chi connectivity index (χ4n) is 2.92. The Morgan fingerprint density at radius 3 is 2.60 bits per heavy atom. The maximum Gasteiger partial charge on any atom is 0.272 e. The van der Waals surface area contributed by atoms with E-state index < -0.39 is 15.9 Å². The Kier molecular flexibility index (Phi) is 6.71. The first-order chi connectivity index (χ1) is 14.2. The smallest absolute Gasteiger partial charge is 0.272 e. The highest BCUT2D eigenvalue weighted by molar-refractivity contribution is 7.89. The van der Waals surface area contributed by atoms with E-state index in [4.69, 9.17) is 11.6 Å². The summed E-state index contributed by atoms with van der Waals surface area (Å²) in [6.45, 7) is 3.62. The van der Waals surface area contributed by atoms with Gasteiger partial charge < -0.3 is 10.0 Å². The summed E-state index contributed by atoms with van der Waals surface area (Å²) >= 11 is 5.93. The van der Waals surface area contributed by atoms with Crippen molar-refractivity contribution >= 4 is 33.2 Å². The van der Waals surface area contributed by atoms with Crippen LogP contribution in [-0.2, 0) is 10.0 Å². The van der Waals surface area contributed by atoms with Crippen LogP contribution in [0.25, 0.3) is 0 Å². The number of phenols is 1. The van der Waals surface area contributed by atoms with Crippen molar-refractivity contribution in [2.24, 2.45) is 5.10 Å². The number of benzene rings is 1. The number of rotatable bonds is 5. The summed E-state index contributed by atoms with van der Waals surface area (Å²) in [7, 11) is -1.81. The van der Waals surface area contributed by atoms with Crippen molar-refractivity contribution in [3.63, 3.8) is 0 Å². The Hall–Kier alpha value is -2.53. The van der Waals surface area contributed by atoms with Gasteiger partial charge in [-0.05, 0) is 38.2 Å². The molecule has 2 aromatic rings. The van der Waals surface area contributed by atoms with Crippen molar-refractivity contribution in [2.45, 2.75) is 11.8 Å². The SMILES string of the molecule is C/C(=N\NC(=O)c1cncc(S(=O)(=O)N2CCN(C)CC2)c1)c1cc(Cl)ccc1O. The zero-order valence-corrected chi connectivity index (χ0v) is 18.1. The molecule has 3 rings (SSSR count). The van der Waals surface area contributed by atoms with Crippen molar-refractivity contribution < 1.29 is 18.3 Å². The van der Waals surface area contributed by atoms with Crippen LogP contribution >= 0.6 is 11.6 Å². The number of nitrogens with zero attached hydrogens (tertiary/aromatic N) is 4. The molecule has 2 heterocycles. The number of hydrogen-bond acceptors (Lipinski definition) is 7. The number of hydrogen-bond donors (Lipinski definition) is 2. The Labute approximate surface area is 180 Å². The monoisotopic (exact) mass is 451 g/mol. The van der Waals surface area contributed by atoms with Gasteiger partial charge in [0.2, 0.25) is 10.0 Å². The highest BCUT2D eigenvalue weighted by Crippen LogP contribution is 2.22. The number of aromatic nitrogens is 1. The number of sulfonamides is 1. The van der Waals surface area contributed by atoms with Gasteiger partial charge in [0.25, 0.3) is 5.91 Å². The largest absolute Gasteiger partial charge is 0.507 e. The number of phenolic OH excluding ortho intramolecular Hbond substituents is 1. The molecular weight excluding hydrogens is 430 g/mol. The number of nitrogens with one attached hydrogen (secondary N) is 1. The zero-order valence-electron chi connectivity index (χ0n) is 16.5. The summed E-state index contributed by atoms with van der Waals surface area (Å²) in [6.07, 6.45) is 2.49. The number of aromatic hydroxyl groups is 1. The number of amides is 1. The number of pyridine rings is 1. The molecule has 160 valence electrons. The van der Waals surface area contributed by atoms with E-state index in [-0.39, 0.29) is 16.2 Å². The third-order valence-corrected chi connectivity index (χ3v) is 6.85. The van der Waals surface area contributed by atoms with E-state index in [0.29, 0.717) is 42.5 Å². The van der Waals surface area contributed by atoms with Crippen LogP contribution < -0.4 is 5.43 Å². The third-order valence-electron chi connectivity index (χ3n) is 4.75. The van der Waals surface area contributed by atoms with Crippen molar-refractivity contribution in [1.29, 1.82) is 0 Å². The zero-order chi connectivity index (χ0) is 21.9. The van der Waals surface area contributed by atoms with Gasteiger partial charge in [0, 0.05) is 49.2 Å². The molecule has 0 spiro atoms. The van der Waals surface area contributed by atoms with Crippen LogP contribution in [0.4, 0.5) is 0 Å². The molecular formula is C19H22ClN5O4S. The molecule has 0 bridgehead atoms. The Morgan fingerprint density at radius 1 is 1.20 bits per heavy atom. The van der Waals surface area contributed by atoms with E-state index in [0.717, 1.165) is 0 Å². The Balaban J connectivity index is 1.77. The molecule has 2 N–H and O–H groups in total. The molecule has 0 saturated carbocycles. The molecule has 30 heavy (non-hydrogen) atoms. The van der Waals surface area contributed by atoms with Crippen LogP contribution in [0.2, 0.25) is 5.02 Å². The lowest BCUT2D eigenvalue weighted by Crippen LogP contribution is -2.47. The van der Waals surface area contributed by atoms with Gasteiger partial charge in [-0.15, -0.1) is 0 Å². The van der Waals surface area contributed by atoms with Gasteiger partial charge in [-0.2, -0.15) is 9.41 Å². The molecule has 0 aliphatic carbocycles. The summed E-state index contributed by atoms with van der Waals surface area (Å²) in [4.78, 5) is 18.4. The first kappa shape index (κ1) is 22.2. The molecule has 0 unspecified atom stereocenters. The number of halogens is 1. The first-order valence-corrected chi connectivity index (χ1v) is 11.0. The van der Waals surface area contributed by atoms with Crippen LogP contribution in [0.1, 0.15) is 22.8 Å². The molecule has 1 aliphatic rings. The summed E-state index contributed by atoms with van der Waals surface area (Å²) in [6, 6.07) is 5.75. The predicted octanol–water partition coefficient (Wildman–Crippen LogP) is 1.53. The second kappa shape index (κ2) is 9.09. The normalized spacial score (nSPS) is 16.4. The van der Waals surface area contributed by atoms with Gasteiger partial charge in [-0.3, -0.25) is 9.78 Å². The highest BCUT2D eigenvalue weighted by atomic mass is 35.5. The van der Waals surface area contributed by atoms with E-state index in [1.165, 1.54) is 41.0 Å². The minimum absolute atomic E-state index is 0.0307.